The SMILES string of the molecule is CCOC(=O)c1ccc2c(c1)OCC(=O)N2C. The van der Waals surface area contributed by atoms with Crippen LogP contribution in [0.25, 0.3) is 0 Å². The van der Waals surface area contributed by atoms with E-state index in [1.54, 1.807) is 32.2 Å². The van der Waals surface area contributed by atoms with Gasteiger partial charge in [0.15, 0.2) is 6.61 Å². The normalized spacial score (nSPS) is 14.0. The lowest BCUT2D eigenvalue weighted by molar-refractivity contribution is -0.120. The number of benzene rings is 1. The Morgan fingerprint density at radius 1 is 1.53 bits per heavy atom. The van der Waals surface area contributed by atoms with Gasteiger partial charge in [-0.1, -0.05) is 0 Å². The zero-order valence-corrected chi connectivity index (χ0v) is 9.73. The average molecular weight is 235 g/mol. The topological polar surface area (TPSA) is 55.8 Å². The smallest absolute Gasteiger partial charge is 0.338 e. The maximum atomic E-state index is 11.5. The summed E-state index contributed by atoms with van der Waals surface area (Å²) in [6.45, 7) is 2.07. The van der Waals surface area contributed by atoms with Gasteiger partial charge in [-0.2, -0.15) is 0 Å². The van der Waals surface area contributed by atoms with E-state index in [0.717, 1.165) is 0 Å². The van der Waals surface area contributed by atoms with Crippen molar-refractivity contribution in [2.24, 2.45) is 0 Å². The maximum Gasteiger partial charge on any atom is 0.338 e. The summed E-state index contributed by atoms with van der Waals surface area (Å²) < 4.78 is 10.2. The minimum absolute atomic E-state index is 0.00419. The fraction of sp³-hybridized carbons (Fsp3) is 0.333. The van der Waals surface area contributed by atoms with Crippen molar-refractivity contribution in [2.45, 2.75) is 6.92 Å². The van der Waals surface area contributed by atoms with Gasteiger partial charge < -0.3 is 14.4 Å². The number of esters is 1. The predicted octanol–water partition coefficient (Wildman–Crippen LogP) is 1.22. The molecule has 0 bridgehead atoms. The molecule has 1 heterocycles. The van der Waals surface area contributed by atoms with Crippen molar-refractivity contribution in [3.63, 3.8) is 0 Å². The number of likely N-dealkylation sites (N-methyl/N-ethyl adjacent to an activating group) is 1. The first kappa shape index (κ1) is 11.4. The van der Waals surface area contributed by atoms with E-state index in [2.05, 4.69) is 0 Å². The van der Waals surface area contributed by atoms with Gasteiger partial charge in [-0.25, -0.2) is 4.79 Å². The molecule has 17 heavy (non-hydrogen) atoms. The summed E-state index contributed by atoms with van der Waals surface area (Å²) in [5.74, 6) is 0.0255. The Balaban J connectivity index is 2.32. The number of amides is 1. The van der Waals surface area contributed by atoms with Gasteiger partial charge in [-0.3, -0.25) is 4.79 Å². The molecule has 0 radical (unpaired) electrons. The second-order valence-electron chi connectivity index (χ2n) is 3.64. The van der Waals surface area contributed by atoms with Gasteiger partial charge in [-0.05, 0) is 25.1 Å². The molecule has 0 unspecified atom stereocenters. The summed E-state index contributed by atoms with van der Waals surface area (Å²) in [4.78, 5) is 24.4. The van der Waals surface area contributed by atoms with Crippen LogP contribution >= 0.6 is 0 Å². The molecule has 0 spiro atoms. The predicted molar refractivity (Wildman–Crippen MR) is 61.3 cm³/mol. The highest BCUT2D eigenvalue weighted by Crippen LogP contribution is 2.32. The van der Waals surface area contributed by atoms with E-state index < -0.39 is 5.97 Å². The zero-order chi connectivity index (χ0) is 12.4. The summed E-state index contributed by atoms with van der Waals surface area (Å²) in [6, 6.07) is 4.89. The van der Waals surface area contributed by atoms with E-state index in [1.165, 1.54) is 4.90 Å². The number of carbonyl (C=O) groups is 2. The molecule has 0 saturated heterocycles. The molecule has 0 aliphatic carbocycles. The average Bonchev–Trinajstić information content (AvgIpc) is 2.34. The molecule has 0 saturated carbocycles. The molecule has 2 rings (SSSR count). The van der Waals surface area contributed by atoms with Gasteiger partial charge in [0.25, 0.3) is 5.91 Å². The highest BCUT2D eigenvalue weighted by Gasteiger charge is 2.23. The monoisotopic (exact) mass is 235 g/mol. The van der Waals surface area contributed by atoms with Crippen LogP contribution in [0.1, 0.15) is 17.3 Å². The Morgan fingerprint density at radius 3 is 3.00 bits per heavy atom. The van der Waals surface area contributed by atoms with Crippen LogP contribution in [0.3, 0.4) is 0 Å². The van der Waals surface area contributed by atoms with Gasteiger partial charge >= 0.3 is 5.97 Å². The Kier molecular flexibility index (Phi) is 2.99. The van der Waals surface area contributed by atoms with Crippen LogP contribution in [0.5, 0.6) is 5.75 Å². The number of carbonyl (C=O) groups excluding carboxylic acids is 2. The minimum atomic E-state index is -0.390. The van der Waals surface area contributed by atoms with Crippen LogP contribution in [0.4, 0.5) is 5.69 Å². The molecular formula is C12H13NO4. The number of hydrogen-bond donors (Lipinski definition) is 0. The molecule has 0 atom stereocenters. The highest BCUT2D eigenvalue weighted by atomic mass is 16.5. The fourth-order valence-corrected chi connectivity index (χ4v) is 1.62. The van der Waals surface area contributed by atoms with E-state index in [-0.39, 0.29) is 12.5 Å². The summed E-state index contributed by atoms with van der Waals surface area (Å²) in [5.41, 5.74) is 1.09. The largest absolute Gasteiger partial charge is 0.482 e. The molecule has 5 nitrogen and oxygen atoms in total. The Hall–Kier alpha value is -2.04. The van der Waals surface area contributed by atoms with Crippen molar-refractivity contribution in [1.82, 2.24) is 0 Å². The van der Waals surface area contributed by atoms with Crippen molar-refractivity contribution >= 4 is 17.6 Å². The van der Waals surface area contributed by atoms with Crippen LogP contribution < -0.4 is 9.64 Å². The van der Waals surface area contributed by atoms with Crippen LogP contribution in [-0.2, 0) is 9.53 Å². The summed E-state index contributed by atoms with van der Waals surface area (Å²) in [5, 5.41) is 0. The van der Waals surface area contributed by atoms with Gasteiger partial charge in [0.2, 0.25) is 0 Å². The van der Waals surface area contributed by atoms with Gasteiger partial charge in [-0.15, -0.1) is 0 Å². The second kappa shape index (κ2) is 4.45. The van der Waals surface area contributed by atoms with Crippen molar-refractivity contribution in [3.8, 4) is 5.75 Å². The van der Waals surface area contributed by atoms with E-state index in [0.29, 0.717) is 23.6 Å². The summed E-state index contributed by atoms with van der Waals surface area (Å²) in [6.07, 6.45) is 0. The van der Waals surface area contributed by atoms with Crippen molar-refractivity contribution < 1.29 is 19.1 Å². The Labute approximate surface area is 98.9 Å². The maximum absolute atomic E-state index is 11.5. The number of hydrogen-bond acceptors (Lipinski definition) is 4. The molecule has 1 amide bonds. The Bertz CT molecular complexity index is 470. The van der Waals surface area contributed by atoms with E-state index in [4.69, 9.17) is 9.47 Å². The second-order valence-corrected chi connectivity index (χ2v) is 3.64. The highest BCUT2D eigenvalue weighted by molar-refractivity contribution is 5.98. The molecule has 0 aromatic heterocycles. The van der Waals surface area contributed by atoms with E-state index in [1.807, 2.05) is 0 Å². The molecule has 5 heteroatoms. The standard InChI is InChI=1S/C12H13NO4/c1-3-16-12(15)8-4-5-9-10(6-8)17-7-11(14)13(9)2/h4-6H,3,7H2,1-2H3. The number of rotatable bonds is 2. The number of anilines is 1. The number of fused-ring (bicyclic) bond motifs is 1. The quantitative estimate of drug-likeness (QED) is 0.723. The fourth-order valence-electron chi connectivity index (χ4n) is 1.62. The first-order valence-corrected chi connectivity index (χ1v) is 5.34. The van der Waals surface area contributed by atoms with Crippen molar-refractivity contribution in [3.05, 3.63) is 23.8 Å². The molecule has 0 fully saturated rings. The Morgan fingerprint density at radius 2 is 2.29 bits per heavy atom. The first-order chi connectivity index (χ1) is 8.13. The molecule has 1 aliphatic rings. The third-order valence-electron chi connectivity index (χ3n) is 2.56. The minimum Gasteiger partial charge on any atom is -0.482 e. The molecular weight excluding hydrogens is 222 g/mol. The third-order valence-corrected chi connectivity index (χ3v) is 2.56. The van der Waals surface area contributed by atoms with Gasteiger partial charge in [0, 0.05) is 7.05 Å². The van der Waals surface area contributed by atoms with Crippen LogP contribution in [0.15, 0.2) is 18.2 Å². The number of nitrogens with zero attached hydrogens (tertiary/aromatic N) is 1. The van der Waals surface area contributed by atoms with Gasteiger partial charge in [0.1, 0.15) is 5.75 Å². The molecule has 1 aromatic rings. The van der Waals surface area contributed by atoms with Crippen molar-refractivity contribution in [1.29, 1.82) is 0 Å². The summed E-state index contributed by atoms with van der Waals surface area (Å²) in [7, 11) is 1.67. The first-order valence-electron chi connectivity index (χ1n) is 5.34. The lowest BCUT2D eigenvalue weighted by Gasteiger charge is -2.26. The lowest BCUT2D eigenvalue weighted by atomic mass is 10.1. The molecule has 1 aromatic carbocycles. The lowest BCUT2D eigenvalue weighted by Crippen LogP contribution is -2.35. The molecule has 90 valence electrons. The van der Waals surface area contributed by atoms with Crippen LogP contribution in [0.2, 0.25) is 0 Å². The summed E-state index contributed by atoms with van der Waals surface area (Å²) >= 11 is 0. The van der Waals surface area contributed by atoms with Gasteiger partial charge in [0.05, 0.1) is 17.9 Å². The zero-order valence-electron chi connectivity index (χ0n) is 9.73. The number of ether oxygens (including phenoxy) is 2. The van der Waals surface area contributed by atoms with Crippen LogP contribution in [0, 0.1) is 0 Å². The molecule has 0 N–H and O–H groups in total. The third kappa shape index (κ3) is 2.08. The van der Waals surface area contributed by atoms with Crippen LogP contribution in [-0.4, -0.2) is 32.1 Å². The van der Waals surface area contributed by atoms with Crippen molar-refractivity contribution in [2.75, 3.05) is 25.2 Å². The molecule has 1 aliphatic heterocycles. The van der Waals surface area contributed by atoms with E-state index >= 15 is 0 Å². The van der Waals surface area contributed by atoms with E-state index in [9.17, 15) is 9.59 Å².